The maximum absolute atomic E-state index is 13.7. The molecule has 3 rings (SSSR count). The summed E-state index contributed by atoms with van der Waals surface area (Å²) in [4.78, 5) is 2.99. The molecule has 0 bridgehead atoms. The van der Waals surface area contributed by atoms with Crippen molar-refractivity contribution in [1.29, 1.82) is 0 Å². The molecule has 0 radical (unpaired) electrons. The van der Waals surface area contributed by atoms with E-state index < -0.39 is 0 Å². The van der Waals surface area contributed by atoms with Gasteiger partial charge in [0.25, 0.3) is 0 Å². The van der Waals surface area contributed by atoms with E-state index in [1.807, 2.05) is 6.92 Å². The van der Waals surface area contributed by atoms with Crippen LogP contribution in [-0.2, 0) is 4.74 Å². The highest BCUT2D eigenvalue weighted by atomic mass is 32.1. The second-order valence-corrected chi connectivity index (χ2v) is 6.71. The first-order valence-electron chi connectivity index (χ1n) is 7.27. The van der Waals surface area contributed by atoms with Gasteiger partial charge in [0.2, 0.25) is 0 Å². The lowest BCUT2D eigenvalue weighted by atomic mass is 9.97. The van der Waals surface area contributed by atoms with Crippen LogP contribution in [0.1, 0.15) is 24.3 Å². The minimum Gasteiger partial charge on any atom is -0.369 e. The molecule has 2 aliphatic heterocycles. The van der Waals surface area contributed by atoms with Crippen molar-refractivity contribution < 1.29 is 9.13 Å². The van der Waals surface area contributed by atoms with E-state index >= 15 is 0 Å². The molecule has 0 aliphatic carbocycles. The van der Waals surface area contributed by atoms with Gasteiger partial charge in [-0.1, -0.05) is 12.7 Å². The van der Waals surface area contributed by atoms with Gasteiger partial charge in [0.15, 0.2) is 0 Å². The van der Waals surface area contributed by atoms with Crippen molar-refractivity contribution in [1.82, 2.24) is 4.90 Å². The van der Waals surface area contributed by atoms with Gasteiger partial charge in [-0.25, -0.2) is 4.39 Å². The first kappa shape index (κ1) is 14.9. The van der Waals surface area contributed by atoms with Crippen LogP contribution in [0.15, 0.2) is 35.2 Å². The van der Waals surface area contributed by atoms with Crippen LogP contribution in [0.2, 0.25) is 0 Å². The Balaban J connectivity index is 1.66. The van der Waals surface area contributed by atoms with Gasteiger partial charge in [0.05, 0.1) is 11.5 Å². The van der Waals surface area contributed by atoms with E-state index in [9.17, 15) is 4.39 Å². The molecule has 0 spiro atoms. The zero-order valence-electron chi connectivity index (χ0n) is 12.2. The number of halogens is 1. The molecule has 3 atom stereocenters. The Labute approximate surface area is 128 Å². The second-order valence-electron chi connectivity index (χ2n) is 5.76. The summed E-state index contributed by atoms with van der Waals surface area (Å²) in [5.41, 5.74) is 8.73. The molecule has 1 aromatic rings. The van der Waals surface area contributed by atoms with E-state index in [4.69, 9.17) is 10.5 Å². The third-order valence-corrected chi connectivity index (χ3v) is 5.34. The highest BCUT2D eigenvalue weighted by Crippen LogP contribution is 2.35. The number of likely N-dealkylation sites (tertiary alicyclic amines) is 1. The molecule has 0 saturated carbocycles. The Bertz CT molecular complexity index is 568. The van der Waals surface area contributed by atoms with E-state index in [-0.39, 0.29) is 24.0 Å². The zero-order valence-corrected chi connectivity index (χ0v) is 13.0. The number of ether oxygens (including phenoxy) is 1. The monoisotopic (exact) mass is 308 g/mol. The summed E-state index contributed by atoms with van der Waals surface area (Å²) in [6.07, 6.45) is 2.63. The Hall–Kier alpha value is -1.01. The number of hydrogen-bond acceptors (Lipinski definition) is 4. The molecule has 3 heterocycles. The van der Waals surface area contributed by atoms with Crippen molar-refractivity contribution in [3.05, 3.63) is 45.9 Å². The quantitative estimate of drug-likeness (QED) is 0.913. The van der Waals surface area contributed by atoms with E-state index in [1.165, 1.54) is 28.5 Å². The Morgan fingerprint density at radius 1 is 1.52 bits per heavy atom. The first-order chi connectivity index (χ1) is 10.1. The van der Waals surface area contributed by atoms with E-state index in [2.05, 4.69) is 17.6 Å². The molecular formula is C16H21FN2OS. The van der Waals surface area contributed by atoms with Crippen molar-refractivity contribution in [2.75, 3.05) is 19.7 Å². The molecule has 21 heavy (non-hydrogen) atoms. The maximum atomic E-state index is 13.7. The van der Waals surface area contributed by atoms with Gasteiger partial charge in [-0.15, -0.1) is 11.3 Å². The topological polar surface area (TPSA) is 38.5 Å². The smallest absolute Gasteiger partial charge is 0.139 e. The number of hydrogen-bond donors (Lipinski definition) is 1. The lowest BCUT2D eigenvalue weighted by Gasteiger charge is -2.38. The Morgan fingerprint density at radius 3 is 2.90 bits per heavy atom. The van der Waals surface area contributed by atoms with Crippen LogP contribution in [0.3, 0.4) is 0 Å². The predicted molar refractivity (Wildman–Crippen MR) is 83.8 cm³/mol. The van der Waals surface area contributed by atoms with Gasteiger partial charge in [-0.05, 0) is 35.9 Å². The fraction of sp³-hybridized carbons (Fsp3) is 0.500. The molecular weight excluding hydrogens is 287 g/mol. The predicted octanol–water partition coefficient (Wildman–Crippen LogP) is 2.86. The van der Waals surface area contributed by atoms with Gasteiger partial charge >= 0.3 is 0 Å². The fourth-order valence-corrected chi connectivity index (χ4v) is 4.06. The molecule has 5 heteroatoms. The SMILES string of the molecule is C=C1CN(C2COC(c3sccc3F)C(N)C2)CC1=CC. The van der Waals surface area contributed by atoms with E-state index in [1.54, 1.807) is 5.38 Å². The van der Waals surface area contributed by atoms with Crippen LogP contribution in [0.4, 0.5) is 4.39 Å². The molecule has 114 valence electrons. The summed E-state index contributed by atoms with van der Waals surface area (Å²) in [6.45, 7) is 8.53. The molecule has 3 nitrogen and oxygen atoms in total. The summed E-state index contributed by atoms with van der Waals surface area (Å²) in [7, 11) is 0. The van der Waals surface area contributed by atoms with Crippen molar-refractivity contribution in [3.63, 3.8) is 0 Å². The minimum absolute atomic E-state index is 0.167. The standard InChI is InChI=1S/C16H21FN2OS/c1-3-11-8-19(7-10(11)2)12-6-14(18)15(20-9-12)16-13(17)4-5-21-16/h3-5,12,14-15H,2,6-9,18H2,1H3. The van der Waals surface area contributed by atoms with Crippen molar-refractivity contribution in [2.45, 2.75) is 31.5 Å². The Kier molecular flexibility index (Phi) is 4.26. The van der Waals surface area contributed by atoms with E-state index in [0.717, 1.165) is 19.5 Å². The highest BCUT2D eigenvalue weighted by molar-refractivity contribution is 7.10. The van der Waals surface area contributed by atoms with Crippen LogP contribution in [0.5, 0.6) is 0 Å². The number of allylic oxidation sites excluding steroid dienone is 1. The first-order valence-corrected chi connectivity index (χ1v) is 8.15. The van der Waals surface area contributed by atoms with Crippen molar-refractivity contribution in [2.24, 2.45) is 5.73 Å². The summed E-state index contributed by atoms with van der Waals surface area (Å²) >= 11 is 1.38. The maximum Gasteiger partial charge on any atom is 0.139 e. The van der Waals surface area contributed by atoms with Gasteiger partial charge in [-0.3, -0.25) is 4.90 Å². The van der Waals surface area contributed by atoms with Gasteiger partial charge in [0.1, 0.15) is 11.9 Å². The summed E-state index contributed by atoms with van der Waals surface area (Å²) in [6, 6.07) is 1.60. The number of nitrogens with zero attached hydrogens (tertiary/aromatic N) is 1. The second kappa shape index (κ2) is 6.01. The fourth-order valence-electron chi connectivity index (χ4n) is 3.16. The number of thiophene rings is 1. The van der Waals surface area contributed by atoms with Crippen LogP contribution >= 0.6 is 11.3 Å². The molecule has 2 fully saturated rings. The molecule has 0 amide bonds. The normalized spacial score (nSPS) is 33.0. The molecule has 2 N–H and O–H groups in total. The lowest BCUT2D eigenvalue weighted by Crippen LogP contribution is -2.48. The average molecular weight is 308 g/mol. The van der Waals surface area contributed by atoms with Gasteiger partial charge in [0, 0.05) is 25.2 Å². The minimum atomic E-state index is -0.312. The number of nitrogens with two attached hydrogens (primary N) is 1. The third-order valence-electron chi connectivity index (χ3n) is 4.39. The van der Waals surface area contributed by atoms with Crippen LogP contribution in [0, 0.1) is 5.82 Å². The average Bonchev–Trinajstić information content (AvgIpc) is 3.04. The van der Waals surface area contributed by atoms with Crippen molar-refractivity contribution in [3.8, 4) is 0 Å². The molecule has 0 aromatic carbocycles. The van der Waals surface area contributed by atoms with E-state index in [0.29, 0.717) is 11.5 Å². The van der Waals surface area contributed by atoms with Crippen LogP contribution in [0.25, 0.3) is 0 Å². The van der Waals surface area contributed by atoms with Crippen LogP contribution < -0.4 is 5.73 Å². The molecule has 2 aliphatic rings. The third kappa shape index (κ3) is 2.83. The molecule has 1 aromatic heterocycles. The van der Waals surface area contributed by atoms with Crippen LogP contribution in [-0.4, -0.2) is 36.7 Å². The lowest BCUT2D eigenvalue weighted by molar-refractivity contribution is -0.0438. The Morgan fingerprint density at radius 2 is 2.33 bits per heavy atom. The van der Waals surface area contributed by atoms with Gasteiger partial charge in [-0.2, -0.15) is 0 Å². The van der Waals surface area contributed by atoms with Crippen molar-refractivity contribution >= 4 is 11.3 Å². The molecule has 3 unspecified atom stereocenters. The highest BCUT2D eigenvalue weighted by Gasteiger charge is 2.36. The molecule has 2 saturated heterocycles. The summed E-state index contributed by atoms with van der Waals surface area (Å²) in [5, 5.41) is 1.75. The number of rotatable bonds is 2. The summed E-state index contributed by atoms with van der Waals surface area (Å²) < 4.78 is 19.6. The largest absolute Gasteiger partial charge is 0.369 e. The van der Waals surface area contributed by atoms with Gasteiger partial charge < -0.3 is 10.5 Å². The summed E-state index contributed by atoms with van der Waals surface area (Å²) in [5.74, 6) is -0.204. The zero-order chi connectivity index (χ0) is 15.0.